The number of nitrogens with two attached hydrogens (primary N) is 1. The Balaban J connectivity index is 1.88. The Bertz CT molecular complexity index is 728. The first kappa shape index (κ1) is 13.8. The molecule has 0 amide bonds. The molecule has 2 heterocycles. The summed E-state index contributed by atoms with van der Waals surface area (Å²) in [5.74, 6) is 0.831. The zero-order valence-corrected chi connectivity index (χ0v) is 12.3. The molecule has 1 unspecified atom stereocenters. The number of hydrogen-bond donors (Lipinski definition) is 2. The Morgan fingerprint density at radius 1 is 1.24 bits per heavy atom. The molecule has 0 saturated carbocycles. The van der Waals surface area contributed by atoms with Crippen molar-refractivity contribution in [2.75, 3.05) is 13.7 Å². The first-order valence-corrected chi connectivity index (χ1v) is 7.34. The molecule has 1 aromatic carbocycles. The number of nitrogens with one attached hydrogen (secondary N) is 1. The second-order valence-corrected chi connectivity index (χ2v) is 5.59. The summed E-state index contributed by atoms with van der Waals surface area (Å²) in [6.07, 6.45) is 3.14. The van der Waals surface area contributed by atoms with Crippen LogP contribution in [0, 0.1) is 0 Å². The van der Waals surface area contributed by atoms with Gasteiger partial charge in [-0.3, -0.25) is 0 Å². The molecule has 108 valence electrons. The standard InChI is InChI=1S/C14H15N5OS/c1-20-10-4-2-9(3-5-10)11(6-15)21-14-12-13(17-7-16-12)18-8-19-14/h2-5,7-8,11H,6,15H2,1H3,(H,16,17,18,19). The number of aromatic nitrogens is 4. The van der Waals surface area contributed by atoms with E-state index in [2.05, 4.69) is 19.9 Å². The van der Waals surface area contributed by atoms with E-state index in [1.165, 1.54) is 6.33 Å². The molecule has 3 N–H and O–H groups in total. The van der Waals surface area contributed by atoms with Gasteiger partial charge in [0.15, 0.2) is 5.65 Å². The summed E-state index contributed by atoms with van der Waals surface area (Å²) in [6.45, 7) is 0.511. The van der Waals surface area contributed by atoms with Crippen molar-refractivity contribution >= 4 is 22.9 Å². The van der Waals surface area contributed by atoms with Gasteiger partial charge >= 0.3 is 0 Å². The Kier molecular flexibility index (Phi) is 4.03. The number of hydrogen-bond acceptors (Lipinski definition) is 6. The van der Waals surface area contributed by atoms with Gasteiger partial charge in [-0.1, -0.05) is 23.9 Å². The van der Waals surface area contributed by atoms with E-state index in [4.69, 9.17) is 10.5 Å². The van der Waals surface area contributed by atoms with Crippen LogP contribution >= 0.6 is 11.8 Å². The summed E-state index contributed by atoms with van der Waals surface area (Å²) in [4.78, 5) is 15.7. The van der Waals surface area contributed by atoms with Crippen LogP contribution in [0.4, 0.5) is 0 Å². The maximum Gasteiger partial charge on any atom is 0.181 e. The number of methoxy groups -OCH3 is 1. The Morgan fingerprint density at radius 2 is 2.05 bits per heavy atom. The quantitative estimate of drug-likeness (QED) is 0.554. The van der Waals surface area contributed by atoms with Crippen LogP contribution in [0.3, 0.4) is 0 Å². The molecule has 0 radical (unpaired) electrons. The highest BCUT2D eigenvalue weighted by Crippen LogP contribution is 2.36. The molecule has 2 aromatic heterocycles. The molecule has 0 aliphatic heterocycles. The Morgan fingerprint density at radius 3 is 2.76 bits per heavy atom. The number of benzene rings is 1. The molecule has 21 heavy (non-hydrogen) atoms. The summed E-state index contributed by atoms with van der Waals surface area (Å²) >= 11 is 1.60. The van der Waals surface area contributed by atoms with Crippen LogP contribution in [-0.2, 0) is 0 Å². The molecular formula is C14H15N5OS. The largest absolute Gasteiger partial charge is 0.497 e. The molecular weight excluding hydrogens is 286 g/mol. The summed E-state index contributed by atoms with van der Waals surface area (Å²) in [5, 5.41) is 0.959. The van der Waals surface area contributed by atoms with E-state index >= 15 is 0 Å². The molecule has 3 rings (SSSR count). The number of H-pyrrole nitrogens is 1. The predicted octanol–water partition coefficient (Wildman–Crippen LogP) is 2.15. The van der Waals surface area contributed by atoms with Crippen molar-refractivity contribution in [3.63, 3.8) is 0 Å². The van der Waals surface area contributed by atoms with E-state index in [1.54, 1.807) is 25.2 Å². The highest BCUT2D eigenvalue weighted by Gasteiger charge is 2.15. The van der Waals surface area contributed by atoms with Crippen molar-refractivity contribution < 1.29 is 4.74 Å². The molecule has 0 saturated heterocycles. The lowest BCUT2D eigenvalue weighted by Crippen LogP contribution is -2.09. The highest BCUT2D eigenvalue weighted by molar-refractivity contribution is 7.99. The van der Waals surface area contributed by atoms with Crippen LogP contribution in [0.2, 0.25) is 0 Å². The third-order valence-corrected chi connectivity index (χ3v) is 4.43. The van der Waals surface area contributed by atoms with Gasteiger partial charge in [-0.05, 0) is 17.7 Å². The van der Waals surface area contributed by atoms with Gasteiger partial charge in [-0.25, -0.2) is 15.0 Å². The van der Waals surface area contributed by atoms with E-state index in [0.29, 0.717) is 12.2 Å². The van der Waals surface area contributed by atoms with Crippen molar-refractivity contribution in [2.24, 2.45) is 5.73 Å². The Hall–Kier alpha value is -2.12. The van der Waals surface area contributed by atoms with Gasteiger partial charge in [-0.15, -0.1) is 0 Å². The van der Waals surface area contributed by atoms with Crippen molar-refractivity contribution in [2.45, 2.75) is 10.3 Å². The van der Waals surface area contributed by atoms with Crippen LogP contribution in [0.5, 0.6) is 5.75 Å². The number of aromatic amines is 1. The van der Waals surface area contributed by atoms with Gasteiger partial charge in [0.05, 0.1) is 13.4 Å². The second-order valence-electron chi connectivity index (χ2n) is 4.40. The highest BCUT2D eigenvalue weighted by atomic mass is 32.2. The van der Waals surface area contributed by atoms with Crippen LogP contribution in [0.15, 0.2) is 41.9 Å². The molecule has 0 spiro atoms. The summed E-state index contributed by atoms with van der Waals surface area (Å²) < 4.78 is 5.18. The fourth-order valence-electron chi connectivity index (χ4n) is 2.04. The van der Waals surface area contributed by atoms with E-state index in [-0.39, 0.29) is 5.25 Å². The zero-order chi connectivity index (χ0) is 14.7. The fraction of sp³-hybridized carbons (Fsp3) is 0.214. The van der Waals surface area contributed by atoms with Crippen molar-refractivity contribution in [1.29, 1.82) is 0 Å². The molecule has 0 bridgehead atoms. The number of nitrogens with zero attached hydrogens (tertiary/aromatic N) is 3. The zero-order valence-electron chi connectivity index (χ0n) is 11.5. The summed E-state index contributed by atoms with van der Waals surface area (Å²) in [7, 11) is 1.65. The lowest BCUT2D eigenvalue weighted by Gasteiger charge is -2.14. The average Bonchev–Trinajstić information content (AvgIpc) is 3.02. The topological polar surface area (TPSA) is 89.7 Å². The fourth-order valence-corrected chi connectivity index (χ4v) is 3.07. The smallest absolute Gasteiger partial charge is 0.181 e. The van der Waals surface area contributed by atoms with E-state index in [1.807, 2.05) is 24.3 Å². The minimum Gasteiger partial charge on any atom is -0.497 e. The first-order valence-electron chi connectivity index (χ1n) is 6.46. The van der Waals surface area contributed by atoms with E-state index in [0.717, 1.165) is 21.9 Å². The molecule has 6 nitrogen and oxygen atoms in total. The van der Waals surface area contributed by atoms with Gasteiger partial charge < -0.3 is 15.5 Å². The van der Waals surface area contributed by atoms with E-state index < -0.39 is 0 Å². The first-order chi connectivity index (χ1) is 10.3. The van der Waals surface area contributed by atoms with Crippen LogP contribution in [0.25, 0.3) is 11.2 Å². The second kappa shape index (κ2) is 6.11. The summed E-state index contributed by atoms with van der Waals surface area (Å²) in [6, 6.07) is 7.91. The minimum atomic E-state index is 0.109. The SMILES string of the molecule is COc1ccc(C(CN)Sc2ncnc3nc[nH]c23)cc1. The number of imidazole rings is 1. The number of ether oxygens (including phenoxy) is 1. The van der Waals surface area contributed by atoms with Crippen LogP contribution in [0.1, 0.15) is 10.8 Å². The monoisotopic (exact) mass is 301 g/mol. The lowest BCUT2D eigenvalue weighted by molar-refractivity contribution is 0.414. The van der Waals surface area contributed by atoms with Crippen molar-refractivity contribution in [1.82, 2.24) is 19.9 Å². The van der Waals surface area contributed by atoms with E-state index in [9.17, 15) is 0 Å². The van der Waals surface area contributed by atoms with Crippen molar-refractivity contribution in [3.05, 3.63) is 42.5 Å². The Labute approximate surface area is 126 Å². The molecule has 0 aliphatic carbocycles. The molecule has 0 aliphatic rings. The third kappa shape index (κ3) is 2.84. The predicted molar refractivity (Wildman–Crippen MR) is 82.3 cm³/mol. The average molecular weight is 301 g/mol. The number of rotatable bonds is 5. The molecule has 3 aromatic rings. The summed E-state index contributed by atoms with van der Waals surface area (Å²) in [5.41, 5.74) is 8.56. The van der Waals surface area contributed by atoms with Gasteiger partial charge in [0, 0.05) is 11.8 Å². The molecule has 0 fully saturated rings. The van der Waals surface area contributed by atoms with Gasteiger partial charge in [0.25, 0.3) is 0 Å². The molecule has 1 atom stereocenters. The van der Waals surface area contributed by atoms with Crippen LogP contribution < -0.4 is 10.5 Å². The maximum absolute atomic E-state index is 5.92. The number of thioether (sulfide) groups is 1. The van der Waals surface area contributed by atoms with Crippen molar-refractivity contribution in [3.8, 4) is 5.75 Å². The van der Waals surface area contributed by atoms with Gasteiger partial charge in [-0.2, -0.15) is 0 Å². The number of fused-ring (bicyclic) bond motifs is 1. The minimum absolute atomic E-state index is 0.109. The lowest BCUT2D eigenvalue weighted by atomic mass is 10.1. The normalized spacial score (nSPS) is 12.5. The van der Waals surface area contributed by atoms with Gasteiger partial charge in [0.1, 0.15) is 22.6 Å². The maximum atomic E-state index is 5.92. The van der Waals surface area contributed by atoms with Crippen LogP contribution in [-0.4, -0.2) is 33.6 Å². The molecule has 7 heteroatoms. The third-order valence-electron chi connectivity index (χ3n) is 3.14. The van der Waals surface area contributed by atoms with Gasteiger partial charge in [0.2, 0.25) is 0 Å².